The van der Waals surface area contributed by atoms with Gasteiger partial charge in [0.25, 0.3) is 0 Å². The summed E-state index contributed by atoms with van der Waals surface area (Å²) in [5.74, 6) is 0.448. The maximum Gasteiger partial charge on any atom is 0.309 e. The Hall–Kier alpha value is -1.45. The van der Waals surface area contributed by atoms with Crippen LogP contribution in [-0.4, -0.2) is 18.8 Å². The standard InChI is InChI=1S/C17H17ClO2S/c1-12(17(19)20-2)11-21-16-9-5-14(6-10-16)13-3-7-15(18)8-4-13/h3-10,12H,11H2,1-2H3. The van der Waals surface area contributed by atoms with Crippen molar-refractivity contribution in [2.24, 2.45) is 5.92 Å². The number of benzene rings is 2. The van der Waals surface area contributed by atoms with Crippen LogP contribution in [0.15, 0.2) is 53.4 Å². The zero-order valence-electron chi connectivity index (χ0n) is 12.0. The third-order valence-corrected chi connectivity index (χ3v) is 4.66. The maximum atomic E-state index is 11.4. The Labute approximate surface area is 134 Å². The molecule has 2 rings (SSSR count). The predicted octanol–water partition coefficient (Wildman–Crippen LogP) is 4.91. The smallest absolute Gasteiger partial charge is 0.309 e. The Morgan fingerprint density at radius 2 is 1.62 bits per heavy atom. The van der Waals surface area contributed by atoms with Gasteiger partial charge in [-0.05, 0) is 35.4 Å². The number of ether oxygens (including phenoxy) is 1. The molecule has 1 unspecified atom stereocenters. The van der Waals surface area contributed by atoms with Crippen LogP contribution in [0.1, 0.15) is 6.92 Å². The Balaban J connectivity index is 1.99. The second kappa shape index (κ2) is 7.53. The topological polar surface area (TPSA) is 26.3 Å². The van der Waals surface area contributed by atoms with E-state index in [2.05, 4.69) is 24.3 Å². The van der Waals surface area contributed by atoms with Gasteiger partial charge in [0.05, 0.1) is 13.0 Å². The molecule has 0 aliphatic rings. The van der Waals surface area contributed by atoms with Gasteiger partial charge in [0.2, 0.25) is 0 Å². The van der Waals surface area contributed by atoms with Crippen LogP contribution in [0.25, 0.3) is 11.1 Å². The minimum absolute atomic E-state index is 0.101. The lowest BCUT2D eigenvalue weighted by molar-refractivity contribution is -0.143. The summed E-state index contributed by atoms with van der Waals surface area (Å²) in [4.78, 5) is 12.5. The van der Waals surface area contributed by atoms with E-state index >= 15 is 0 Å². The number of hydrogen-bond acceptors (Lipinski definition) is 3. The third-order valence-electron chi connectivity index (χ3n) is 3.14. The molecule has 0 fully saturated rings. The number of esters is 1. The molecule has 0 amide bonds. The molecule has 0 saturated heterocycles. The van der Waals surface area contributed by atoms with E-state index in [1.165, 1.54) is 7.11 Å². The van der Waals surface area contributed by atoms with Crippen LogP contribution in [0.5, 0.6) is 0 Å². The highest BCUT2D eigenvalue weighted by Gasteiger charge is 2.13. The highest BCUT2D eigenvalue weighted by Crippen LogP contribution is 2.26. The van der Waals surface area contributed by atoms with E-state index in [-0.39, 0.29) is 11.9 Å². The first-order chi connectivity index (χ1) is 10.1. The molecule has 0 radical (unpaired) electrons. The van der Waals surface area contributed by atoms with E-state index < -0.39 is 0 Å². The van der Waals surface area contributed by atoms with Crippen molar-refractivity contribution in [3.05, 3.63) is 53.6 Å². The van der Waals surface area contributed by atoms with E-state index in [1.807, 2.05) is 31.2 Å². The molecule has 0 aromatic heterocycles. The summed E-state index contributed by atoms with van der Waals surface area (Å²) in [6.07, 6.45) is 0. The van der Waals surface area contributed by atoms with Crippen molar-refractivity contribution in [2.45, 2.75) is 11.8 Å². The lowest BCUT2D eigenvalue weighted by atomic mass is 10.1. The van der Waals surface area contributed by atoms with Crippen LogP contribution in [0.4, 0.5) is 0 Å². The summed E-state index contributed by atoms with van der Waals surface area (Å²) in [6, 6.07) is 16.1. The van der Waals surface area contributed by atoms with Gasteiger partial charge in [0.15, 0.2) is 0 Å². The number of halogens is 1. The summed E-state index contributed by atoms with van der Waals surface area (Å²) in [6.45, 7) is 1.88. The van der Waals surface area contributed by atoms with E-state index in [4.69, 9.17) is 16.3 Å². The first kappa shape index (κ1) is 15.9. The normalized spacial score (nSPS) is 12.0. The van der Waals surface area contributed by atoms with Crippen LogP contribution in [-0.2, 0) is 9.53 Å². The van der Waals surface area contributed by atoms with Gasteiger partial charge < -0.3 is 4.74 Å². The van der Waals surface area contributed by atoms with Gasteiger partial charge in [-0.15, -0.1) is 11.8 Å². The number of thioether (sulfide) groups is 1. The molecule has 0 bridgehead atoms. The fourth-order valence-electron chi connectivity index (χ4n) is 1.88. The van der Waals surface area contributed by atoms with E-state index in [0.29, 0.717) is 5.75 Å². The van der Waals surface area contributed by atoms with Gasteiger partial charge in [0.1, 0.15) is 0 Å². The average molecular weight is 321 g/mol. The maximum absolute atomic E-state index is 11.4. The molecule has 0 heterocycles. The Kier molecular flexibility index (Phi) is 5.71. The quantitative estimate of drug-likeness (QED) is 0.578. The van der Waals surface area contributed by atoms with Crippen molar-refractivity contribution in [3.8, 4) is 11.1 Å². The number of carbonyl (C=O) groups is 1. The second-order valence-corrected chi connectivity index (χ2v) is 6.30. The Morgan fingerprint density at radius 1 is 1.10 bits per heavy atom. The van der Waals surface area contributed by atoms with Gasteiger partial charge in [-0.1, -0.05) is 42.8 Å². The van der Waals surface area contributed by atoms with Gasteiger partial charge >= 0.3 is 5.97 Å². The summed E-state index contributed by atoms with van der Waals surface area (Å²) in [5, 5.41) is 0.739. The largest absolute Gasteiger partial charge is 0.469 e. The van der Waals surface area contributed by atoms with Crippen LogP contribution < -0.4 is 0 Å². The summed E-state index contributed by atoms with van der Waals surface area (Å²) < 4.78 is 4.72. The molecule has 0 aliphatic heterocycles. The second-order valence-electron chi connectivity index (χ2n) is 4.77. The van der Waals surface area contributed by atoms with E-state index in [1.54, 1.807) is 11.8 Å². The van der Waals surface area contributed by atoms with Crippen LogP contribution >= 0.6 is 23.4 Å². The first-order valence-corrected chi connectivity index (χ1v) is 8.03. The third kappa shape index (κ3) is 4.51. The van der Waals surface area contributed by atoms with Crippen molar-refractivity contribution in [1.29, 1.82) is 0 Å². The molecule has 0 saturated carbocycles. The summed E-state index contributed by atoms with van der Waals surface area (Å²) >= 11 is 7.55. The molecular weight excluding hydrogens is 304 g/mol. The summed E-state index contributed by atoms with van der Waals surface area (Å²) in [5.41, 5.74) is 2.29. The molecule has 110 valence electrons. The fraction of sp³-hybridized carbons (Fsp3) is 0.235. The fourth-order valence-corrected chi connectivity index (χ4v) is 2.91. The Morgan fingerprint density at radius 3 is 2.14 bits per heavy atom. The Bertz CT molecular complexity index is 593. The molecule has 0 aliphatic carbocycles. The molecule has 4 heteroatoms. The van der Waals surface area contributed by atoms with Gasteiger partial charge in [-0.3, -0.25) is 4.79 Å². The number of carbonyl (C=O) groups excluding carboxylic acids is 1. The SMILES string of the molecule is COC(=O)C(C)CSc1ccc(-c2ccc(Cl)cc2)cc1. The highest BCUT2D eigenvalue weighted by atomic mass is 35.5. The van der Waals surface area contributed by atoms with Crippen molar-refractivity contribution < 1.29 is 9.53 Å². The lowest BCUT2D eigenvalue weighted by Gasteiger charge is -2.09. The molecule has 0 spiro atoms. The molecule has 0 N–H and O–H groups in total. The molecule has 2 aromatic carbocycles. The van der Waals surface area contributed by atoms with E-state index in [9.17, 15) is 4.79 Å². The van der Waals surface area contributed by atoms with Crippen LogP contribution in [0.2, 0.25) is 5.02 Å². The minimum atomic E-state index is -0.166. The van der Waals surface area contributed by atoms with Crippen molar-refractivity contribution in [1.82, 2.24) is 0 Å². The van der Waals surface area contributed by atoms with Crippen molar-refractivity contribution in [2.75, 3.05) is 12.9 Å². The molecule has 21 heavy (non-hydrogen) atoms. The number of hydrogen-bond donors (Lipinski definition) is 0. The van der Waals surface area contributed by atoms with Gasteiger partial charge in [0, 0.05) is 15.7 Å². The zero-order valence-corrected chi connectivity index (χ0v) is 13.6. The first-order valence-electron chi connectivity index (χ1n) is 6.67. The molecular formula is C17H17ClO2S. The van der Waals surface area contributed by atoms with Gasteiger partial charge in [-0.2, -0.15) is 0 Å². The number of methoxy groups -OCH3 is 1. The number of rotatable bonds is 5. The van der Waals surface area contributed by atoms with Crippen LogP contribution in [0.3, 0.4) is 0 Å². The van der Waals surface area contributed by atoms with E-state index in [0.717, 1.165) is 21.0 Å². The minimum Gasteiger partial charge on any atom is -0.469 e. The van der Waals surface area contributed by atoms with Crippen LogP contribution in [0, 0.1) is 5.92 Å². The van der Waals surface area contributed by atoms with Gasteiger partial charge in [-0.25, -0.2) is 0 Å². The zero-order chi connectivity index (χ0) is 15.2. The lowest BCUT2D eigenvalue weighted by Crippen LogP contribution is -2.14. The van der Waals surface area contributed by atoms with Crippen molar-refractivity contribution in [3.63, 3.8) is 0 Å². The molecule has 2 aromatic rings. The average Bonchev–Trinajstić information content (AvgIpc) is 2.53. The summed E-state index contributed by atoms with van der Waals surface area (Å²) in [7, 11) is 1.42. The predicted molar refractivity (Wildman–Crippen MR) is 88.8 cm³/mol. The molecule has 1 atom stereocenters. The highest BCUT2D eigenvalue weighted by molar-refractivity contribution is 7.99. The monoisotopic (exact) mass is 320 g/mol. The molecule has 2 nitrogen and oxygen atoms in total. The van der Waals surface area contributed by atoms with Crippen molar-refractivity contribution >= 4 is 29.3 Å².